The second-order valence-electron chi connectivity index (χ2n) is 2.28. The van der Waals surface area contributed by atoms with Gasteiger partial charge in [0.25, 0.3) is 0 Å². The average molecular weight is 114 g/mol. The van der Waals surface area contributed by atoms with Crippen LogP contribution in [0.3, 0.4) is 0 Å². The first kappa shape index (κ1) is 5.76. The van der Waals surface area contributed by atoms with Gasteiger partial charge < -0.3 is 9.53 Å². The van der Waals surface area contributed by atoms with Crippen LogP contribution in [0.5, 0.6) is 0 Å². The third-order valence-electron chi connectivity index (χ3n) is 1.42. The van der Waals surface area contributed by atoms with Crippen molar-refractivity contribution < 1.29 is 9.53 Å². The van der Waals surface area contributed by atoms with Crippen molar-refractivity contribution in [3.8, 4) is 0 Å². The summed E-state index contributed by atoms with van der Waals surface area (Å²) in [6.45, 7) is 2.62. The van der Waals surface area contributed by atoms with E-state index < -0.39 is 0 Å². The van der Waals surface area contributed by atoms with Crippen LogP contribution >= 0.6 is 0 Å². The van der Waals surface area contributed by atoms with Crippen molar-refractivity contribution in [3.05, 3.63) is 0 Å². The topological polar surface area (TPSA) is 26.3 Å². The largest absolute Gasteiger partial charge is 0.378 e. The fourth-order valence-corrected chi connectivity index (χ4v) is 0.945. The second-order valence-corrected chi connectivity index (χ2v) is 2.28. The normalized spacial score (nSPS) is 37.6. The molecule has 0 aromatic carbocycles. The third kappa shape index (κ3) is 1.07. The van der Waals surface area contributed by atoms with Crippen LogP contribution in [0.2, 0.25) is 0 Å². The maximum absolute atomic E-state index is 10.1. The molecule has 0 bridgehead atoms. The van der Waals surface area contributed by atoms with Crippen LogP contribution in [0.4, 0.5) is 0 Å². The van der Waals surface area contributed by atoms with Crippen LogP contribution in [0.25, 0.3) is 0 Å². The molecule has 0 saturated carbocycles. The predicted octanol–water partition coefficient (Wildman–Crippen LogP) is 0.610. The van der Waals surface area contributed by atoms with Crippen LogP contribution in [0, 0.1) is 5.92 Å². The van der Waals surface area contributed by atoms with E-state index in [1.807, 2.05) is 6.92 Å². The Morgan fingerprint density at radius 1 is 1.75 bits per heavy atom. The minimum Gasteiger partial charge on any atom is -0.378 e. The van der Waals surface area contributed by atoms with E-state index >= 15 is 0 Å². The molecule has 8 heavy (non-hydrogen) atoms. The summed E-state index contributed by atoms with van der Waals surface area (Å²) >= 11 is 0. The lowest BCUT2D eigenvalue weighted by molar-refractivity contribution is -0.111. The first-order chi connectivity index (χ1) is 3.83. The number of hydrogen-bond acceptors (Lipinski definition) is 2. The van der Waals surface area contributed by atoms with Gasteiger partial charge >= 0.3 is 0 Å². The summed E-state index contributed by atoms with van der Waals surface area (Å²) in [6.07, 6.45) is 2.18. The van der Waals surface area contributed by atoms with E-state index in [4.69, 9.17) is 4.74 Å². The standard InChI is InChI=1S/C6H10O2/c1-5-2-6(3-7)4-8-5/h3,5-6H,2,4H2,1H3/t5-,6?/m0/s1. The van der Waals surface area contributed by atoms with Gasteiger partial charge in [-0.2, -0.15) is 0 Å². The Bertz CT molecular complexity index is 90.5. The van der Waals surface area contributed by atoms with Gasteiger partial charge in [-0.15, -0.1) is 0 Å². The molecule has 0 aromatic heterocycles. The molecule has 1 rings (SSSR count). The molecule has 0 amide bonds. The van der Waals surface area contributed by atoms with Crippen molar-refractivity contribution in [3.63, 3.8) is 0 Å². The lowest BCUT2D eigenvalue weighted by Crippen LogP contribution is -1.99. The van der Waals surface area contributed by atoms with Crippen LogP contribution in [-0.2, 0) is 9.53 Å². The maximum Gasteiger partial charge on any atom is 0.125 e. The summed E-state index contributed by atoms with van der Waals surface area (Å²) < 4.78 is 5.13. The predicted molar refractivity (Wildman–Crippen MR) is 29.6 cm³/mol. The monoisotopic (exact) mass is 114 g/mol. The molecule has 1 unspecified atom stereocenters. The number of aldehydes is 1. The van der Waals surface area contributed by atoms with Gasteiger partial charge in [-0.25, -0.2) is 0 Å². The average Bonchev–Trinajstić information content (AvgIpc) is 2.14. The van der Waals surface area contributed by atoms with Gasteiger partial charge in [-0.1, -0.05) is 0 Å². The summed E-state index contributed by atoms with van der Waals surface area (Å²) in [5, 5.41) is 0. The molecule has 1 saturated heterocycles. The van der Waals surface area contributed by atoms with Crippen molar-refractivity contribution >= 4 is 6.29 Å². The van der Waals surface area contributed by atoms with Gasteiger partial charge in [-0.05, 0) is 13.3 Å². The summed E-state index contributed by atoms with van der Waals surface area (Å²) in [5.74, 6) is 0.171. The van der Waals surface area contributed by atoms with Crippen molar-refractivity contribution in [2.45, 2.75) is 19.4 Å². The number of hydrogen-bond donors (Lipinski definition) is 0. The Hall–Kier alpha value is -0.370. The van der Waals surface area contributed by atoms with Crippen LogP contribution in [0.15, 0.2) is 0 Å². The second kappa shape index (κ2) is 2.27. The summed E-state index contributed by atoms with van der Waals surface area (Å²) in [5.41, 5.74) is 0. The molecule has 0 spiro atoms. The quantitative estimate of drug-likeness (QED) is 0.467. The molecule has 1 aliphatic rings. The number of carbonyl (C=O) groups excluding carboxylic acids is 1. The molecule has 1 aliphatic heterocycles. The molecule has 1 fully saturated rings. The van der Waals surface area contributed by atoms with Crippen LogP contribution in [-0.4, -0.2) is 19.0 Å². The highest BCUT2D eigenvalue weighted by atomic mass is 16.5. The first-order valence-electron chi connectivity index (χ1n) is 2.90. The van der Waals surface area contributed by atoms with E-state index in [2.05, 4.69) is 0 Å². The van der Waals surface area contributed by atoms with Crippen molar-refractivity contribution in [1.82, 2.24) is 0 Å². The molecule has 2 heteroatoms. The zero-order chi connectivity index (χ0) is 5.98. The lowest BCUT2D eigenvalue weighted by Gasteiger charge is -1.94. The minimum absolute atomic E-state index is 0.171. The fraction of sp³-hybridized carbons (Fsp3) is 0.833. The molecule has 0 N–H and O–H groups in total. The molecule has 2 nitrogen and oxygen atoms in total. The SMILES string of the molecule is C[C@H]1CC(C=O)CO1. The highest BCUT2D eigenvalue weighted by Crippen LogP contribution is 2.15. The molecule has 46 valence electrons. The summed E-state index contributed by atoms with van der Waals surface area (Å²) in [4.78, 5) is 10.1. The zero-order valence-electron chi connectivity index (χ0n) is 4.96. The van der Waals surface area contributed by atoms with E-state index in [1.165, 1.54) is 0 Å². The van der Waals surface area contributed by atoms with Crippen molar-refractivity contribution in [2.75, 3.05) is 6.61 Å². The lowest BCUT2D eigenvalue weighted by atomic mass is 10.1. The third-order valence-corrected chi connectivity index (χ3v) is 1.42. The summed E-state index contributed by atoms with van der Waals surface area (Å²) in [7, 11) is 0. The van der Waals surface area contributed by atoms with Gasteiger partial charge in [-0.3, -0.25) is 0 Å². The van der Waals surface area contributed by atoms with Gasteiger partial charge in [0.15, 0.2) is 0 Å². The number of ether oxygens (including phenoxy) is 1. The van der Waals surface area contributed by atoms with Gasteiger partial charge in [0.2, 0.25) is 0 Å². The van der Waals surface area contributed by atoms with Gasteiger partial charge in [0, 0.05) is 5.92 Å². The molecule has 0 radical (unpaired) electrons. The maximum atomic E-state index is 10.1. The summed E-state index contributed by atoms with van der Waals surface area (Å²) in [6, 6.07) is 0. The van der Waals surface area contributed by atoms with E-state index in [1.54, 1.807) is 0 Å². The molecule has 0 aromatic rings. The Morgan fingerprint density at radius 2 is 2.50 bits per heavy atom. The molecule has 1 heterocycles. The Labute approximate surface area is 48.8 Å². The van der Waals surface area contributed by atoms with E-state index in [0.717, 1.165) is 12.7 Å². The van der Waals surface area contributed by atoms with Gasteiger partial charge in [0.05, 0.1) is 12.7 Å². The molecular formula is C6H10O2. The molecule has 2 atom stereocenters. The number of rotatable bonds is 1. The highest BCUT2D eigenvalue weighted by Gasteiger charge is 2.20. The number of carbonyl (C=O) groups is 1. The highest BCUT2D eigenvalue weighted by molar-refractivity contribution is 5.54. The van der Waals surface area contributed by atoms with Crippen molar-refractivity contribution in [1.29, 1.82) is 0 Å². The fourth-order valence-electron chi connectivity index (χ4n) is 0.945. The Morgan fingerprint density at radius 3 is 2.75 bits per heavy atom. The first-order valence-corrected chi connectivity index (χ1v) is 2.90. The smallest absolute Gasteiger partial charge is 0.125 e. The van der Waals surface area contributed by atoms with E-state index in [0.29, 0.717) is 12.7 Å². The Balaban J connectivity index is 2.32. The van der Waals surface area contributed by atoms with Crippen molar-refractivity contribution in [2.24, 2.45) is 5.92 Å². The van der Waals surface area contributed by atoms with Gasteiger partial charge in [0.1, 0.15) is 6.29 Å². The Kier molecular flexibility index (Phi) is 1.63. The van der Waals surface area contributed by atoms with Crippen LogP contribution < -0.4 is 0 Å². The molecule has 0 aliphatic carbocycles. The molecular weight excluding hydrogens is 104 g/mol. The van der Waals surface area contributed by atoms with E-state index in [9.17, 15) is 4.79 Å². The van der Waals surface area contributed by atoms with Crippen LogP contribution in [0.1, 0.15) is 13.3 Å². The minimum atomic E-state index is 0.171. The zero-order valence-corrected chi connectivity index (χ0v) is 4.96. The van der Waals surface area contributed by atoms with E-state index in [-0.39, 0.29) is 5.92 Å².